The lowest BCUT2D eigenvalue weighted by atomic mass is 9.93. The number of carbonyl (C=O) groups is 2. The van der Waals surface area contributed by atoms with Crippen molar-refractivity contribution in [2.24, 2.45) is 0 Å². The van der Waals surface area contributed by atoms with E-state index in [1.54, 1.807) is 42.5 Å². The lowest BCUT2D eigenvalue weighted by Crippen LogP contribution is -2.44. The number of ether oxygens (including phenoxy) is 1. The summed E-state index contributed by atoms with van der Waals surface area (Å²) in [5.41, 5.74) is 1.51. The summed E-state index contributed by atoms with van der Waals surface area (Å²) >= 11 is 0. The molecule has 9 heteroatoms. The van der Waals surface area contributed by atoms with Gasteiger partial charge in [0.25, 0.3) is 5.91 Å². The number of imidazole rings is 1. The Morgan fingerprint density at radius 3 is 2.68 bits per heavy atom. The highest BCUT2D eigenvalue weighted by Gasteiger charge is 2.49. The van der Waals surface area contributed by atoms with Crippen LogP contribution in [0, 0.1) is 0 Å². The number of nitrogens with one attached hydrogen (secondary N) is 2. The molecule has 0 fully saturated rings. The molecule has 8 nitrogen and oxygen atoms in total. The van der Waals surface area contributed by atoms with Gasteiger partial charge in [-0.15, -0.1) is 0 Å². The summed E-state index contributed by atoms with van der Waals surface area (Å²) < 4.78 is 17.3. The number of H-pyrrole nitrogens is 1. The Labute approximate surface area is 194 Å². The van der Waals surface area contributed by atoms with E-state index in [9.17, 15) is 19.1 Å². The van der Waals surface area contributed by atoms with Crippen LogP contribution >= 0.6 is 0 Å². The normalized spacial score (nSPS) is 17.1. The molecule has 1 aliphatic rings. The minimum absolute atomic E-state index is 0.0699. The number of hydrogen-bond donors (Lipinski definition) is 3. The second kappa shape index (κ2) is 8.60. The lowest BCUT2D eigenvalue weighted by Gasteiger charge is -2.35. The zero-order chi connectivity index (χ0) is 23.7. The maximum absolute atomic E-state index is 13.3. The summed E-state index contributed by atoms with van der Waals surface area (Å²) in [6, 6.07) is 21.4. The summed E-state index contributed by atoms with van der Waals surface area (Å²) in [4.78, 5) is 33.6. The molecule has 0 spiro atoms. The highest BCUT2D eigenvalue weighted by Crippen LogP contribution is 2.43. The summed E-state index contributed by atoms with van der Waals surface area (Å²) in [7, 11) is 0. The first-order valence-electron chi connectivity index (χ1n) is 10.7. The van der Waals surface area contributed by atoms with Gasteiger partial charge in [0.05, 0.1) is 11.0 Å². The molecule has 0 saturated carbocycles. The topological polar surface area (TPSA) is 108 Å². The summed E-state index contributed by atoms with van der Waals surface area (Å²) in [5.74, 6) is -0.278. The van der Waals surface area contributed by atoms with Crippen LogP contribution in [-0.4, -0.2) is 45.2 Å². The fraction of sp³-hybridized carbons (Fsp3) is 0.160. The van der Waals surface area contributed by atoms with Crippen molar-refractivity contribution in [2.45, 2.75) is 12.3 Å². The molecule has 0 aliphatic carbocycles. The van der Waals surface area contributed by atoms with Crippen LogP contribution < -0.4 is 10.1 Å². The Morgan fingerprint density at radius 2 is 1.88 bits per heavy atom. The number of halogens is 1. The average molecular weight is 460 g/mol. The smallest absolute Gasteiger partial charge is 0.375 e. The van der Waals surface area contributed by atoms with Gasteiger partial charge in [0.2, 0.25) is 0 Å². The SMILES string of the molecule is O=C(NCCF)Oc1nc2ccc(C3(O)c4ccccc4C(=O)N3Cc3ccccc3)cc2[nH]1. The van der Waals surface area contributed by atoms with Gasteiger partial charge >= 0.3 is 12.1 Å². The quantitative estimate of drug-likeness (QED) is 0.408. The van der Waals surface area contributed by atoms with Crippen molar-refractivity contribution in [1.82, 2.24) is 20.2 Å². The standard InChI is InChI=1S/C25H21FN4O4/c26-12-13-27-24(32)34-23-28-20-11-10-17(14-21(20)29-23)25(33)19-9-5-4-8-18(19)22(31)30(25)15-16-6-2-1-3-7-16/h1-11,14,33H,12-13,15H2,(H,27,32)(H,28,29). The monoisotopic (exact) mass is 460 g/mol. The second-order valence-electron chi connectivity index (χ2n) is 7.87. The van der Waals surface area contributed by atoms with Gasteiger partial charge < -0.3 is 20.1 Å². The van der Waals surface area contributed by atoms with Gasteiger partial charge in [-0.1, -0.05) is 54.6 Å². The molecule has 1 atom stereocenters. The Bertz CT molecular complexity index is 1370. The first kappa shape index (κ1) is 21.6. The Hall–Kier alpha value is -4.24. The van der Waals surface area contributed by atoms with E-state index in [-0.39, 0.29) is 25.0 Å². The first-order chi connectivity index (χ1) is 16.5. The highest BCUT2D eigenvalue weighted by atomic mass is 19.1. The molecule has 5 rings (SSSR count). The van der Waals surface area contributed by atoms with E-state index in [2.05, 4.69) is 15.3 Å². The number of fused-ring (bicyclic) bond motifs is 2. The number of aromatic nitrogens is 2. The van der Waals surface area contributed by atoms with E-state index in [0.29, 0.717) is 27.7 Å². The Morgan fingerprint density at radius 1 is 1.12 bits per heavy atom. The zero-order valence-corrected chi connectivity index (χ0v) is 18.0. The van der Waals surface area contributed by atoms with Crippen molar-refractivity contribution in [3.8, 4) is 6.01 Å². The van der Waals surface area contributed by atoms with Gasteiger partial charge in [-0.25, -0.2) is 9.18 Å². The third kappa shape index (κ3) is 3.65. The molecule has 4 aromatic rings. The molecule has 172 valence electrons. The van der Waals surface area contributed by atoms with E-state index in [1.807, 2.05) is 30.3 Å². The molecule has 0 bridgehead atoms. The van der Waals surface area contributed by atoms with Crippen molar-refractivity contribution in [2.75, 3.05) is 13.2 Å². The van der Waals surface area contributed by atoms with Gasteiger partial charge in [0.15, 0.2) is 5.72 Å². The highest BCUT2D eigenvalue weighted by molar-refractivity contribution is 6.00. The molecule has 3 aromatic carbocycles. The molecule has 1 aliphatic heterocycles. The summed E-state index contributed by atoms with van der Waals surface area (Å²) in [6.07, 6.45) is -0.833. The van der Waals surface area contributed by atoms with Crippen LogP contribution in [0.2, 0.25) is 0 Å². The van der Waals surface area contributed by atoms with Crippen molar-refractivity contribution in [3.05, 3.63) is 95.1 Å². The number of carbonyl (C=O) groups excluding carboxylic acids is 2. The molecule has 0 radical (unpaired) electrons. The van der Waals surface area contributed by atoms with Gasteiger partial charge in [-0.3, -0.25) is 9.69 Å². The first-order valence-corrected chi connectivity index (χ1v) is 10.7. The van der Waals surface area contributed by atoms with Gasteiger partial charge in [-0.2, -0.15) is 4.98 Å². The van der Waals surface area contributed by atoms with Crippen molar-refractivity contribution in [3.63, 3.8) is 0 Å². The molecule has 1 aromatic heterocycles. The van der Waals surface area contributed by atoms with Gasteiger partial charge in [0, 0.05) is 29.8 Å². The average Bonchev–Trinajstić information content (AvgIpc) is 3.35. The van der Waals surface area contributed by atoms with E-state index in [0.717, 1.165) is 5.56 Å². The maximum Gasteiger partial charge on any atom is 0.415 e. The molecular formula is C25H21FN4O4. The number of alkyl halides is 1. The van der Waals surface area contributed by atoms with E-state index < -0.39 is 18.5 Å². The van der Waals surface area contributed by atoms with Crippen molar-refractivity contribution >= 4 is 23.0 Å². The van der Waals surface area contributed by atoms with Crippen LogP contribution in [0.25, 0.3) is 11.0 Å². The number of nitrogens with zero attached hydrogens (tertiary/aromatic N) is 2. The van der Waals surface area contributed by atoms with Crippen molar-refractivity contribution < 1.29 is 23.8 Å². The van der Waals surface area contributed by atoms with Crippen LogP contribution in [0.1, 0.15) is 27.0 Å². The molecule has 2 amide bonds. The van der Waals surface area contributed by atoms with Crippen LogP contribution in [0.3, 0.4) is 0 Å². The zero-order valence-electron chi connectivity index (χ0n) is 18.0. The van der Waals surface area contributed by atoms with Gasteiger partial charge in [0.1, 0.15) is 6.67 Å². The van der Waals surface area contributed by atoms with Crippen molar-refractivity contribution in [1.29, 1.82) is 0 Å². The number of rotatable bonds is 6. The predicted molar refractivity (Wildman–Crippen MR) is 122 cm³/mol. The maximum atomic E-state index is 13.3. The van der Waals surface area contributed by atoms with E-state index >= 15 is 0 Å². The number of benzene rings is 3. The van der Waals surface area contributed by atoms with E-state index in [4.69, 9.17) is 4.74 Å². The molecule has 0 saturated heterocycles. The van der Waals surface area contributed by atoms with Crippen LogP contribution in [-0.2, 0) is 12.3 Å². The molecule has 2 heterocycles. The number of aliphatic hydroxyl groups is 1. The fourth-order valence-corrected chi connectivity index (χ4v) is 4.20. The van der Waals surface area contributed by atoms with E-state index in [1.165, 1.54) is 4.90 Å². The largest absolute Gasteiger partial charge is 0.415 e. The predicted octanol–water partition coefficient (Wildman–Crippen LogP) is 3.47. The number of hydrogen-bond acceptors (Lipinski definition) is 5. The minimum atomic E-state index is -1.72. The summed E-state index contributed by atoms with van der Waals surface area (Å²) in [6.45, 7) is -0.674. The Kier molecular flexibility index (Phi) is 5.46. The molecule has 1 unspecified atom stereocenters. The molecule has 34 heavy (non-hydrogen) atoms. The molecule has 3 N–H and O–H groups in total. The van der Waals surface area contributed by atoms with Crippen LogP contribution in [0.5, 0.6) is 6.01 Å². The molecular weight excluding hydrogens is 439 g/mol. The third-order valence-corrected chi connectivity index (χ3v) is 5.77. The van der Waals surface area contributed by atoms with Gasteiger partial charge in [-0.05, 0) is 23.8 Å². The van der Waals surface area contributed by atoms with Crippen LogP contribution in [0.15, 0.2) is 72.8 Å². The third-order valence-electron chi connectivity index (χ3n) is 5.77. The lowest BCUT2D eigenvalue weighted by molar-refractivity contribution is -0.0542. The van der Waals surface area contributed by atoms with Crippen LogP contribution in [0.4, 0.5) is 9.18 Å². The fourth-order valence-electron chi connectivity index (χ4n) is 4.20. The second-order valence-corrected chi connectivity index (χ2v) is 7.87. The number of aromatic amines is 1. The number of amides is 2. The minimum Gasteiger partial charge on any atom is -0.375 e. The Balaban J connectivity index is 1.54. The summed E-state index contributed by atoms with van der Waals surface area (Å²) in [5, 5.41) is 14.3.